The molecular formula is C21H17BrN2O4. The van der Waals surface area contributed by atoms with Crippen LogP contribution >= 0.6 is 15.9 Å². The van der Waals surface area contributed by atoms with Crippen LogP contribution in [0.5, 0.6) is 0 Å². The molecule has 3 amide bonds. The van der Waals surface area contributed by atoms with E-state index in [-0.39, 0.29) is 30.6 Å². The minimum absolute atomic E-state index is 0.0478. The quantitative estimate of drug-likeness (QED) is 0.681. The molecule has 2 heterocycles. The van der Waals surface area contributed by atoms with Crippen molar-refractivity contribution in [2.75, 3.05) is 4.90 Å². The molecule has 0 saturated carbocycles. The first kappa shape index (κ1) is 18.6. The zero-order chi connectivity index (χ0) is 19.9. The molecule has 0 bridgehead atoms. The molecule has 142 valence electrons. The molecule has 4 rings (SSSR count). The first-order valence-electron chi connectivity index (χ1n) is 8.87. The van der Waals surface area contributed by atoms with Gasteiger partial charge in [-0.3, -0.25) is 19.3 Å². The Morgan fingerprint density at radius 1 is 1.14 bits per heavy atom. The topological polar surface area (TPSA) is 76.0 Å². The van der Waals surface area contributed by atoms with Crippen LogP contribution in [0.15, 0.2) is 64.1 Å². The van der Waals surface area contributed by atoms with Gasteiger partial charge >= 0.3 is 0 Å². The number of benzene rings is 2. The van der Waals surface area contributed by atoms with Crippen molar-refractivity contribution in [1.82, 2.24) is 0 Å². The number of hydrogen-bond acceptors (Lipinski definition) is 4. The van der Waals surface area contributed by atoms with Crippen LogP contribution in [0.2, 0.25) is 0 Å². The molecular weight excluding hydrogens is 424 g/mol. The molecule has 2 aromatic rings. The third-order valence-corrected chi connectivity index (χ3v) is 5.43. The van der Waals surface area contributed by atoms with Gasteiger partial charge in [0, 0.05) is 22.9 Å². The van der Waals surface area contributed by atoms with Crippen LogP contribution in [-0.2, 0) is 19.1 Å². The van der Waals surface area contributed by atoms with E-state index in [2.05, 4.69) is 20.9 Å². The number of carbonyl (C=O) groups excluding carboxylic acids is 3. The van der Waals surface area contributed by atoms with Gasteiger partial charge in [-0.05, 0) is 37.3 Å². The molecule has 2 aliphatic heterocycles. The van der Waals surface area contributed by atoms with Crippen LogP contribution in [0.4, 0.5) is 5.69 Å². The summed E-state index contributed by atoms with van der Waals surface area (Å²) in [6.45, 7) is 1.62. The lowest BCUT2D eigenvalue weighted by Crippen LogP contribution is -2.38. The summed E-state index contributed by atoms with van der Waals surface area (Å²) >= 11 is 3.38. The fourth-order valence-corrected chi connectivity index (χ4v) is 3.94. The summed E-state index contributed by atoms with van der Waals surface area (Å²) < 4.78 is 6.73. The second-order valence-electron chi connectivity index (χ2n) is 7.07. The SMILES string of the molecule is C[C@@]1(CC2CC(=O)N(c3ccccc3)C2=O)OC(c2cccc(Br)c2)=NC1=O. The van der Waals surface area contributed by atoms with Gasteiger partial charge in [0.15, 0.2) is 5.60 Å². The Morgan fingerprint density at radius 2 is 1.89 bits per heavy atom. The van der Waals surface area contributed by atoms with Crippen molar-refractivity contribution in [3.8, 4) is 0 Å². The summed E-state index contributed by atoms with van der Waals surface area (Å²) in [7, 11) is 0. The number of hydrogen-bond donors (Lipinski definition) is 0. The Kier molecular flexibility index (Phi) is 4.63. The summed E-state index contributed by atoms with van der Waals surface area (Å²) in [5, 5.41) is 0. The number of halogens is 1. The van der Waals surface area contributed by atoms with Crippen LogP contribution in [0.25, 0.3) is 0 Å². The zero-order valence-corrected chi connectivity index (χ0v) is 16.7. The van der Waals surface area contributed by atoms with Gasteiger partial charge < -0.3 is 4.74 Å². The molecule has 1 unspecified atom stereocenters. The average Bonchev–Trinajstić information content (AvgIpc) is 3.11. The van der Waals surface area contributed by atoms with Crippen molar-refractivity contribution in [2.24, 2.45) is 10.9 Å². The molecule has 6 nitrogen and oxygen atoms in total. The Labute approximate surface area is 170 Å². The van der Waals surface area contributed by atoms with Crippen LogP contribution in [0.1, 0.15) is 25.3 Å². The number of anilines is 1. The second-order valence-corrected chi connectivity index (χ2v) is 7.99. The smallest absolute Gasteiger partial charge is 0.292 e. The number of amides is 3. The fourth-order valence-electron chi connectivity index (χ4n) is 3.54. The van der Waals surface area contributed by atoms with E-state index in [4.69, 9.17) is 4.74 Å². The molecule has 0 aliphatic carbocycles. The number of rotatable bonds is 4. The summed E-state index contributed by atoms with van der Waals surface area (Å²) in [5.41, 5.74) is -0.0635. The van der Waals surface area contributed by atoms with Crippen molar-refractivity contribution >= 4 is 45.2 Å². The largest absolute Gasteiger partial charge is 0.461 e. The lowest BCUT2D eigenvalue weighted by Gasteiger charge is -2.24. The summed E-state index contributed by atoms with van der Waals surface area (Å²) in [6.07, 6.45) is 0.146. The molecule has 28 heavy (non-hydrogen) atoms. The molecule has 2 aromatic carbocycles. The highest BCUT2D eigenvalue weighted by atomic mass is 79.9. The van der Waals surface area contributed by atoms with Crippen LogP contribution < -0.4 is 4.90 Å². The van der Waals surface area contributed by atoms with Crippen LogP contribution in [0, 0.1) is 5.92 Å². The number of aliphatic imine (C=N–C) groups is 1. The fraction of sp³-hybridized carbons (Fsp3) is 0.238. The predicted molar refractivity (Wildman–Crippen MR) is 107 cm³/mol. The molecule has 1 fully saturated rings. The maximum Gasteiger partial charge on any atom is 0.292 e. The highest BCUT2D eigenvalue weighted by Crippen LogP contribution is 2.36. The summed E-state index contributed by atoms with van der Waals surface area (Å²) in [6, 6.07) is 16.1. The highest BCUT2D eigenvalue weighted by molar-refractivity contribution is 9.10. The Balaban J connectivity index is 1.52. The molecule has 0 radical (unpaired) electrons. The van der Waals surface area contributed by atoms with E-state index in [1.165, 1.54) is 4.90 Å². The van der Waals surface area contributed by atoms with Gasteiger partial charge in [-0.25, -0.2) is 0 Å². The van der Waals surface area contributed by atoms with Gasteiger partial charge in [0.2, 0.25) is 17.7 Å². The van der Waals surface area contributed by atoms with Crippen molar-refractivity contribution in [1.29, 1.82) is 0 Å². The Morgan fingerprint density at radius 3 is 2.61 bits per heavy atom. The first-order valence-corrected chi connectivity index (χ1v) is 9.66. The predicted octanol–water partition coefficient (Wildman–Crippen LogP) is 3.48. The molecule has 0 spiro atoms. The average molecular weight is 441 g/mol. The minimum atomic E-state index is -1.27. The van der Waals surface area contributed by atoms with E-state index in [1.807, 2.05) is 18.2 Å². The zero-order valence-electron chi connectivity index (χ0n) is 15.1. The van der Waals surface area contributed by atoms with E-state index in [9.17, 15) is 14.4 Å². The normalized spacial score (nSPS) is 24.5. The third-order valence-electron chi connectivity index (χ3n) is 4.94. The minimum Gasteiger partial charge on any atom is -0.461 e. The van der Waals surface area contributed by atoms with E-state index in [0.29, 0.717) is 11.3 Å². The highest BCUT2D eigenvalue weighted by Gasteiger charge is 2.49. The number of nitrogens with zero attached hydrogens (tertiary/aromatic N) is 2. The lowest BCUT2D eigenvalue weighted by molar-refractivity contribution is -0.132. The van der Waals surface area contributed by atoms with Crippen LogP contribution in [-0.4, -0.2) is 29.2 Å². The molecule has 1 saturated heterocycles. The van der Waals surface area contributed by atoms with E-state index >= 15 is 0 Å². The standard InChI is InChI=1S/C21H17BrN2O4/c1-21(20(27)23-18(28-21)13-6-5-7-15(22)10-13)12-14-11-17(25)24(19(14)26)16-8-3-2-4-9-16/h2-10,14H,11-12H2,1H3/t14?,21-/m0/s1. The van der Waals surface area contributed by atoms with E-state index in [1.54, 1.807) is 43.3 Å². The number of ether oxygens (including phenoxy) is 1. The van der Waals surface area contributed by atoms with Gasteiger partial charge in [0.1, 0.15) is 0 Å². The van der Waals surface area contributed by atoms with Crippen LogP contribution in [0.3, 0.4) is 0 Å². The number of para-hydroxylation sites is 1. The van der Waals surface area contributed by atoms with Gasteiger partial charge in [0.05, 0.1) is 11.6 Å². The maximum absolute atomic E-state index is 12.8. The van der Waals surface area contributed by atoms with Gasteiger partial charge in [0.25, 0.3) is 5.91 Å². The monoisotopic (exact) mass is 440 g/mol. The Hall–Kier alpha value is -2.80. The van der Waals surface area contributed by atoms with Crippen molar-refractivity contribution in [3.05, 3.63) is 64.6 Å². The summed E-state index contributed by atoms with van der Waals surface area (Å²) in [4.78, 5) is 43.1. The lowest BCUT2D eigenvalue weighted by atomic mass is 9.90. The van der Waals surface area contributed by atoms with E-state index in [0.717, 1.165) is 4.47 Å². The van der Waals surface area contributed by atoms with E-state index < -0.39 is 17.4 Å². The molecule has 0 aromatic heterocycles. The van der Waals surface area contributed by atoms with Crippen molar-refractivity contribution in [3.63, 3.8) is 0 Å². The number of carbonyl (C=O) groups is 3. The second kappa shape index (κ2) is 6.98. The van der Waals surface area contributed by atoms with Crippen molar-refractivity contribution < 1.29 is 19.1 Å². The maximum atomic E-state index is 12.8. The van der Waals surface area contributed by atoms with Gasteiger partial charge in [-0.1, -0.05) is 40.2 Å². The molecule has 0 N–H and O–H groups in total. The third kappa shape index (κ3) is 3.26. The number of imide groups is 1. The van der Waals surface area contributed by atoms with Gasteiger partial charge in [-0.2, -0.15) is 4.99 Å². The molecule has 7 heteroatoms. The first-order chi connectivity index (χ1) is 13.4. The molecule has 2 atom stereocenters. The summed E-state index contributed by atoms with van der Waals surface area (Å²) in [5.74, 6) is -1.43. The Bertz CT molecular complexity index is 1000. The van der Waals surface area contributed by atoms with Crippen molar-refractivity contribution in [2.45, 2.75) is 25.4 Å². The van der Waals surface area contributed by atoms with Gasteiger partial charge in [-0.15, -0.1) is 0 Å². The molecule has 2 aliphatic rings.